The van der Waals surface area contributed by atoms with E-state index < -0.39 is 24.4 Å². The van der Waals surface area contributed by atoms with Crippen LogP contribution in [0.4, 0.5) is 5.69 Å². The van der Waals surface area contributed by atoms with Gasteiger partial charge in [-0.05, 0) is 60.0 Å². The predicted octanol–water partition coefficient (Wildman–Crippen LogP) is 4.72. The quantitative estimate of drug-likeness (QED) is 0.257. The first-order chi connectivity index (χ1) is 17.8. The molecule has 3 aromatic rings. The molecule has 2 aliphatic heterocycles. The molecule has 0 aliphatic carbocycles. The van der Waals surface area contributed by atoms with E-state index in [1.807, 2.05) is 12.1 Å². The smallest absolute Gasteiger partial charge is 0.338 e. The van der Waals surface area contributed by atoms with Crippen molar-refractivity contribution in [2.75, 3.05) is 18.1 Å². The number of benzene rings is 3. The lowest BCUT2D eigenvalue weighted by molar-refractivity contribution is -0.123. The van der Waals surface area contributed by atoms with Crippen LogP contribution in [0.2, 0.25) is 10.0 Å². The number of fused-ring (bicyclic) bond motifs is 1. The first kappa shape index (κ1) is 25.1. The van der Waals surface area contributed by atoms with E-state index in [1.165, 1.54) is 58.5 Å². The van der Waals surface area contributed by atoms with Gasteiger partial charge in [-0.1, -0.05) is 47.5 Å². The Morgan fingerprint density at radius 2 is 1.68 bits per heavy atom. The highest BCUT2D eigenvalue weighted by molar-refractivity contribution is 6.36. The molecule has 2 heterocycles. The molecule has 7 nitrogen and oxygen atoms in total. The van der Waals surface area contributed by atoms with Crippen molar-refractivity contribution in [3.63, 3.8) is 0 Å². The summed E-state index contributed by atoms with van der Waals surface area (Å²) in [5.41, 5.74) is 3.21. The van der Waals surface area contributed by atoms with Gasteiger partial charge in [0.25, 0.3) is 5.91 Å². The number of carbonyl (C=O) groups excluding carboxylic acids is 4. The summed E-state index contributed by atoms with van der Waals surface area (Å²) >= 11 is 11.9. The Morgan fingerprint density at radius 1 is 0.946 bits per heavy atom. The third kappa shape index (κ3) is 5.16. The topological polar surface area (TPSA) is 84.0 Å². The number of ether oxygens (including phenoxy) is 1. The van der Waals surface area contributed by atoms with Gasteiger partial charge in [0.1, 0.15) is 0 Å². The molecule has 1 fully saturated rings. The molecule has 0 radical (unpaired) electrons. The van der Waals surface area contributed by atoms with Gasteiger partial charge in [-0.3, -0.25) is 19.3 Å². The van der Waals surface area contributed by atoms with Crippen molar-refractivity contribution in [1.29, 1.82) is 0 Å². The predicted molar refractivity (Wildman–Crippen MR) is 139 cm³/mol. The van der Waals surface area contributed by atoms with Crippen molar-refractivity contribution in [3.8, 4) is 0 Å². The maximum absolute atomic E-state index is 13.2. The van der Waals surface area contributed by atoms with Gasteiger partial charge < -0.3 is 4.74 Å². The van der Waals surface area contributed by atoms with Crippen LogP contribution >= 0.6 is 23.2 Å². The highest BCUT2D eigenvalue weighted by Crippen LogP contribution is 2.29. The third-order valence-electron chi connectivity index (χ3n) is 6.65. The molecule has 0 saturated carbocycles. The summed E-state index contributed by atoms with van der Waals surface area (Å²) in [5.74, 6) is -1.74. The second-order valence-corrected chi connectivity index (χ2v) is 9.79. The average molecular weight is 537 g/mol. The fourth-order valence-corrected chi connectivity index (χ4v) is 5.22. The number of Topliss-reactive ketones (excluding diaryl/α,β-unsaturated/α-hetero) is 1. The summed E-state index contributed by atoms with van der Waals surface area (Å²) in [5, 5.41) is 0.561. The van der Waals surface area contributed by atoms with Gasteiger partial charge in [0.15, 0.2) is 6.61 Å². The highest BCUT2D eigenvalue weighted by atomic mass is 35.5. The SMILES string of the molecule is O=C(OCC(=O)c1ccc(Cl)cc1Cl)c1ccc(N2C(=O)CC(N3CCc4ccccc4C3)C2=O)cc1. The summed E-state index contributed by atoms with van der Waals surface area (Å²) in [6.45, 7) is 0.837. The van der Waals surface area contributed by atoms with E-state index >= 15 is 0 Å². The van der Waals surface area contributed by atoms with E-state index in [2.05, 4.69) is 17.0 Å². The van der Waals surface area contributed by atoms with E-state index in [1.54, 1.807) is 0 Å². The van der Waals surface area contributed by atoms with E-state index in [0.717, 1.165) is 6.42 Å². The number of anilines is 1. The standard InChI is InChI=1S/C28H22Cl2N2O5/c29-20-7-10-22(23(30)13-20)25(33)16-37-28(36)18-5-8-21(9-6-18)32-26(34)14-24(27(32)35)31-12-11-17-3-1-2-4-19(17)15-31/h1-10,13,24H,11-12,14-16H2. The van der Waals surface area contributed by atoms with Crippen molar-refractivity contribution in [1.82, 2.24) is 4.90 Å². The lowest BCUT2D eigenvalue weighted by Crippen LogP contribution is -2.44. The molecule has 37 heavy (non-hydrogen) atoms. The summed E-state index contributed by atoms with van der Waals surface area (Å²) in [4.78, 5) is 54.1. The molecule has 0 spiro atoms. The Hall–Kier alpha value is -3.52. The molecule has 3 aromatic carbocycles. The molecule has 9 heteroatoms. The zero-order chi connectivity index (χ0) is 26.1. The number of ketones is 1. The van der Waals surface area contributed by atoms with Crippen LogP contribution in [0.1, 0.15) is 38.3 Å². The van der Waals surface area contributed by atoms with Gasteiger partial charge >= 0.3 is 5.97 Å². The second-order valence-electron chi connectivity index (χ2n) is 8.95. The van der Waals surface area contributed by atoms with Crippen LogP contribution in [0, 0.1) is 0 Å². The lowest BCUT2D eigenvalue weighted by Gasteiger charge is -2.32. The number of nitrogens with zero attached hydrogens (tertiary/aromatic N) is 2. The fraction of sp³-hybridized carbons (Fsp3) is 0.214. The molecule has 1 unspecified atom stereocenters. The summed E-state index contributed by atoms with van der Waals surface area (Å²) < 4.78 is 5.13. The van der Waals surface area contributed by atoms with Crippen LogP contribution < -0.4 is 4.90 Å². The maximum atomic E-state index is 13.2. The average Bonchev–Trinajstić information content (AvgIpc) is 3.20. The Morgan fingerprint density at radius 3 is 2.41 bits per heavy atom. The Labute approximate surface area is 223 Å². The minimum Gasteiger partial charge on any atom is -0.454 e. The molecule has 2 aliphatic rings. The van der Waals surface area contributed by atoms with Crippen LogP contribution in [0.25, 0.3) is 0 Å². The van der Waals surface area contributed by atoms with Crippen molar-refractivity contribution in [3.05, 3.63) is 99.0 Å². The number of carbonyl (C=O) groups is 4. The molecule has 1 atom stereocenters. The van der Waals surface area contributed by atoms with E-state index in [9.17, 15) is 19.2 Å². The number of hydrogen-bond donors (Lipinski definition) is 0. The second kappa shape index (κ2) is 10.5. The third-order valence-corrected chi connectivity index (χ3v) is 7.20. The van der Waals surface area contributed by atoms with Crippen molar-refractivity contribution in [2.24, 2.45) is 0 Å². The molecule has 5 rings (SSSR count). The number of hydrogen-bond acceptors (Lipinski definition) is 6. The normalized spacial score (nSPS) is 17.6. The molecule has 2 amide bonds. The summed E-state index contributed by atoms with van der Waals surface area (Å²) in [7, 11) is 0. The zero-order valence-electron chi connectivity index (χ0n) is 19.7. The highest BCUT2D eigenvalue weighted by Gasteiger charge is 2.43. The molecule has 1 saturated heterocycles. The number of halogens is 2. The van der Waals surface area contributed by atoms with E-state index in [0.29, 0.717) is 23.8 Å². The number of rotatable bonds is 6. The number of amides is 2. The molecule has 0 bridgehead atoms. The van der Waals surface area contributed by atoms with Crippen LogP contribution in [-0.2, 0) is 27.3 Å². The van der Waals surface area contributed by atoms with E-state index in [4.69, 9.17) is 27.9 Å². The summed E-state index contributed by atoms with van der Waals surface area (Å²) in [6.07, 6.45) is 0.942. The summed E-state index contributed by atoms with van der Waals surface area (Å²) in [6, 6.07) is 18.0. The van der Waals surface area contributed by atoms with Crippen molar-refractivity contribution in [2.45, 2.75) is 25.4 Å². The first-order valence-electron chi connectivity index (χ1n) is 11.7. The van der Waals surface area contributed by atoms with Crippen LogP contribution in [0.5, 0.6) is 0 Å². The van der Waals surface area contributed by atoms with Crippen molar-refractivity contribution >= 4 is 52.5 Å². The monoisotopic (exact) mass is 536 g/mol. The van der Waals surface area contributed by atoms with Gasteiger partial charge in [0, 0.05) is 23.7 Å². The molecule has 0 N–H and O–H groups in total. The van der Waals surface area contributed by atoms with Gasteiger partial charge in [0.05, 0.1) is 28.7 Å². The first-order valence-corrected chi connectivity index (χ1v) is 12.5. The molecular formula is C28H22Cl2N2O5. The van der Waals surface area contributed by atoms with Gasteiger partial charge in [0.2, 0.25) is 11.7 Å². The molecular weight excluding hydrogens is 515 g/mol. The van der Waals surface area contributed by atoms with Crippen LogP contribution in [0.15, 0.2) is 66.7 Å². The van der Waals surface area contributed by atoms with Crippen molar-refractivity contribution < 1.29 is 23.9 Å². The lowest BCUT2D eigenvalue weighted by atomic mass is 9.98. The maximum Gasteiger partial charge on any atom is 0.338 e. The van der Waals surface area contributed by atoms with Crippen LogP contribution in [-0.4, -0.2) is 47.7 Å². The minimum absolute atomic E-state index is 0.111. The number of esters is 1. The van der Waals surface area contributed by atoms with E-state index in [-0.39, 0.29) is 34.4 Å². The Bertz CT molecular complexity index is 1410. The number of imide groups is 1. The minimum atomic E-state index is -0.714. The van der Waals surface area contributed by atoms with Crippen LogP contribution in [0.3, 0.4) is 0 Å². The zero-order valence-corrected chi connectivity index (χ0v) is 21.2. The molecule has 0 aromatic heterocycles. The largest absolute Gasteiger partial charge is 0.454 e. The van der Waals surface area contributed by atoms with Gasteiger partial charge in [-0.25, -0.2) is 9.69 Å². The van der Waals surface area contributed by atoms with Gasteiger partial charge in [-0.15, -0.1) is 0 Å². The fourth-order valence-electron chi connectivity index (χ4n) is 4.71. The Balaban J connectivity index is 1.22. The van der Waals surface area contributed by atoms with Gasteiger partial charge in [-0.2, -0.15) is 0 Å². The Kier molecular flexibility index (Phi) is 7.11. The molecule has 188 valence electrons.